The molecule has 0 amide bonds. The summed E-state index contributed by atoms with van der Waals surface area (Å²) in [5.41, 5.74) is 3.46. The van der Waals surface area contributed by atoms with Crippen LogP contribution in [0.25, 0.3) is 16.8 Å². The summed E-state index contributed by atoms with van der Waals surface area (Å²) in [5, 5.41) is 9.03. The van der Waals surface area contributed by atoms with Crippen LogP contribution in [0.3, 0.4) is 0 Å². The predicted molar refractivity (Wildman–Crippen MR) is 96.1 cm³/mol. The Morgan fingerprint density at radius 3 is 2.76 bits per heavy atom. The molecule has 0 bridgehead atoms. The van der Waals surface area contributed by atoms with Crippen LogP contribution >= 0.6 is 11.8 Å². The molecule has 2 aromatic carbocycles. The summed E-state index contributed by atoms with van der Waals surface area (Å²) >= 11 is 1.50. The Morgan fingerprint density at radius 2 is 1.96 bits per heavy atom. The Kier molecular flexibility index (Phi) is 4.39. The van der Waals surface area contributed by atoms with Crippen molar-refractivity contribution < 1.29 is 9.15 Å². The Morgan fingerprint density at radius 1 is 1.12 bits per heavy atom. The molecule has 0 saturated carbocycles. The summed E-state index contributed by atoms with van der Waals surface area (Å²) in [6.07, 6.45) is 1.91. The van der Waals surface area contributed by atoms with E-state index in [0.717, 1.165) is 28.2 Å². The van der Waals surface area contributed by atoms with Crippen LogP contribution in [-0.4, -0.2) is 26.6 Å². The van der Waals surface area contributed by atoms with Crippen molar-refractivity contribution in [1.29, 1.82) is 0 Å². The van der Waals surface area contributed by atoms with Gasteiger partial charge in [0.1, 0.15) is 11.3 Å². The van der Waals surface area contributed by atoms with Gasteiger partial charge in [0.2, 0.25) is 0 Å². The molecule has 0 spiro atoms. The molecular formula is C18H16N4O2S. The average Bonchev–Trinajstić information content (AvgIpc) is 3.27. The number of para-hydroxylation sites is 2. The quantitative estimate of drug-likeness (QED) is 0.487. The number of benzene rings is 2. The van der Waals surface area contributed by atoms with Gasteiger partial charge in [0.25, 0.3) is 5.22 Å². The highest BCUT2D eigenvalue weighted by atomic mass is 32.2. The highest BCUT2D eigenvalue weighted by Crippen LogP contribution is 2.25. The molecule has 0 aliphatic rings. The molecule has 126 valence electrons. The van der Waals surface area contributed by atoms with E-state index in [1.807, 2.05) is 61.7 Å². The highest BCUT2D eigenvalue weighted by Gasteiger charge is 2.09. The average molecular weight is 352 g/mol. The van der Waals surface area contributed by atoms with Crippen LogP contribution < -0.4 is 4.74 Å². The van der Waals surface area contributed by atoms with E-state index in [0.29, 0.717) is 17.6 Å². The molecule has 2 heterocycles. The Hall–Kier alpha value is -2.80. The molecule has 6 nitrogen and oxygen atoms in total. The van der Waals surface area contributed by atoms with Crippen LogP contribution in [0, 0.1) is 0 Å². The summed E-state index contributed by atoms with van der Waals surface area (Å²) in [4.78, 5) is 4.45. The fourth-order valence-electron chi connectivity index (χ4n) is 2.40. The lowest BCUT2D eigenvalue weighted by molar-refractivity contribution is 0.340. The van der Waals surface area contributed by atoms with Gasteiger partial charge in [0.15, 0.2) is 5.58 Å². The van der Waals surface area contributed by atoms with Gasteiger partial charge < -0.3 is 9.15 Å². The van der Waals surface area contributed by atoms with E-state index < -0.39 is 0 Å². The van der Waals surface area contributed by atoms with E-state index in [2.05, 4.69) is 15.3 Å². The van der Waals surface area contributed by atoms with Crippen LogP contribution in [0.15, 0.2) is 64.4 Å². The first-order valence-electron chi connectivity index (χ1n) is 7.94. The number of hydrogen-bond donors (Lipinski definition) is 0. The van der Waals surface area contributed by atoms with E-state index in [9.17, 15) is 0 Å². The fraction of sp³-hybridized carbons (Fsp3) is 0.167. The second-order valence-corrected chi connectivity index (χ2v) is 6.24. The van der Waals surface area contributed by atoms with Crippen molar-refractivity contribution in [3.05, 3.63) is 60.4 Å². The van der Waals surface area contributed by atoms with Crippen molar-refractivity contribution in [3.63, 3.8) is 0 Å². The first-order chi connectivity index (χ1) is 12.3. The maximum Gasteiger partial charge on any atom is 0.257 e. The third-order valence-corrected chi connectivity index (χ3v) is 4.43. The van der Waals surface area contributed by atoms with Gasteiger partial charge in [-0.3, -0.25) is 0 Å². The lowest BCUT2D eigenvalue weighted by Gasteiger charge is -2.04. The smallest absolute Gasteiger partial charge is 0.257 e. The molecule has 0 saturated heterocycles. The van der Waals surface area contributed by atoms with Crippen LogP contribution in [0.1, 0.15) is 12.6 Å². The zero-order valence-corrected chi connectivity index (χ0v) is 14.4. The summed E-state index contributed by atoms with van der Waals surface area (Å²) in [6, 6.07) is 15.5. The van der Waals surface area contributed by atoms with Gasteiger partial charge in [-0.05, 0) is 43.3 Å². The predicted octanol–water partition coefficient (Wildman–Crippen LogP) is 4.10. The normalized spacial score (nSPS) is 11.1. The van der Waals surface area contributed by atoms with Gasteiger partial charge in [0.05, 0.1) is 24.2 Å². The van der Waals surface area contributed by atoms with E-state index in [1.165, 1.54) is 11.8 Å². The second kappa shape index (κ2) is 6.98. The van der Waals surface area contributed by atoms with Crippen molar-refractivity contribution in [3.8, 4) is 11.4 Å². The van der Waals surface area contributed by atoms with E-state index in [-0.39, 0.29) is 0 Å². The monoisotopic (exact) mass is 352 g/mol. The van der Waals surface area contributed by atoms with Crippen LogP contribution in [0.5, 0.6) is 5.75 Å². The number of fused-ring (bicyclic) bond motifs is 1. The number of rotatable bonds is 6. The molecule has 2 aromatic heterocycles. The van der Waals surface area contributed by atoms with Gasteiger partial charge in [-0.2, -0.15) is 0 Å². The SMILES string of the molecule is CCOc1ccc(-n2cc(CSc3nc4ccccc4o3)nn2)cc1. The molecule has 0 N–H and O–H groups in total. The zero-order chi connectivity index (χ0) is 17.1. The van der Waals surface area contributed by atoms with Crippen molar-refractivity contribution in [2.24, 2.45) is 0 Å². The molecule has 0 aliphatic heterocycles. The van der Waals surface area contributed by atoms with Crippen LogP contribution in [0.2, 0.25) is 0 Å². The van der Waals surface area contributed by atoms with Crippen molar-refractivity contribution in [2.75, 3.05) is 6.61 Å². The van der Waals surface area contributed by atoms with E-state index in [1.54, 1.807) is 4.68 Å². The molecule has 0 fully saturated rings. The molecule has 4 rings (SSSR count). The van der Waals surface area contributed by atoms with Crippen LogP contribution in [-0.2, 0) is 5.75 Å². The molecule has 0 radical (unpaired) electrons. The van der Waals surface area contributed by atoms with Crippen LogP contribution in [0.4, 0.5) is 0 Å². The minimum absolute atomic E-state index is 0.636. The maximum absolute atomic E-state index is 5.70. The molecule has 0 aliphatic carbocycles. The third-order valence-electron chi connectivity index (χ3n) is 3.57. The lowest BCUT2D eigenvalue weighted by atomic mass is 10.3. The number of oxazole rings is 1. The van der Waals surface area contributed by atoms with Gasteiger partial charge in [-0.1, -0.05) is 29.1 Å². The summed E-state index contributed by atoms with van der Waals surface area (Å²) in [7, 11) is 0. The Bertz CT molecular complexity index is 945. The molecule has 25 heavy (non-hydrogen) atoms. The number of hydrogen-bond acceptors (Lipinski definition) is 6. The maximum atomic E-state index is 5.70. The zero-order valence-electron chi connectivity index (χ0n) is 13.6. The highest BCUT2D eigenvalue weighted by molar-refractivity contribution is 7.98. The number of thioether (sulfide) groups is 1. The molecule has 0 unspecified atom stereocenters. The Balaban J connectivity index is 1.44. The summed E-state index contributed by atoms with van der Waals surface area (Å²) < 4.78 is 12.9. The van der Waals surface area contributed by atoms with Gasteiger partial charge in [0, 0.05) is 5.75 Å². The van der Waals surface area contributed by atoms with Crippen molar-refractivity contribution >= 4 is 22.9 Å². The number of ether oxygens (including phenoxy) is 1. The Labute approximate surface area is 148 Å². The number of aromatic nitrogens is 4. The van der Waals surface area contributed by atoms with Gasteiger partial charge in [-0.25, -0.2) is 9.67 Å². The van der Waals surface area contributed by atoms with Gasteiger partial charge in [-0.15, -0.1) is 5.10 Å². The lowest BCUT2D eigenvalue weighted by Crippen LogP contribution is -1.96. The van der Waals surface area contributed by atoms with E-state index >= 15 is 0 Å². The summed E-state index contributed by atoms with van der Waals surface area (Å²) in [5.74, 6) is 1.49. The number of nitrogens with zero attached hydrogens (tertiary/aromatic N) is 4. The van der Waals surface area contributed by atoms with Crippen molar-refractivity contribution in [2.45, 2.75) is 17.9 Å². The van der Waals surface area contributed by atoms with E-state index in [4.69, 9.17) is 9.15 Å². The molecule has 0 atom stereocenters. The minimum Gasteiger partial charge on any atom is -0.494 e. The first-order valence-corrected chi connectivity index (χ1v) is 8.93. The van der Waals surface area contributed by atoms with Crippen molar-refractivity contribution in [1.82, 2.24) is 20.0 Å². The molecule has 4 aromatic rings. The van der Waals surface area contributed by atoms with Gasteiger partial charge >= 0.3 is 0 Å². The standard InChI is InChI=1S/C18H16N4O2S/c1-2-23-15-9-7-14(8-10-15)22-11-13(20-21-22)12-25-18-19-16-5-3-4-6-17(16)24-18/h3-11H,2,12H2,1H3. The summed E-state index contributed by atoms with van der Waals surface area (Å²) in [6.45, 7) is 2.62. The largest absolute Gasteiger partial charge is 0.494 e. The second-order valence-electron chi connectivity index (χ2n) is 5.32. The fourth-order valence-corrected chi connectivity index (χ4v) is 3.12. The molecular weight excluding hydrogens is 336 g/mol. The topological polar surface area (TPSA) is 66.0 Å². The minimum atomic E-state index is 0.636. The first kappa shape index (κ1) is 15.7. The molecule has 7 heteroatoms. The third kappa shape index (κ3) is 3.51.